The van der Waals surface area contributed by atoms with Gasteiger partial charge >= 0.3 is 12.0 Å². The lowest BCUT2D eigenvalue weighted by Crippen LogP contribution is -2.49. The lowest BCUT2D eigenvalue weighted by molar-refractivity contribution is -0.141. The van der Waals surface area contributed by atoms with E-state index in [1.807, 2.05) is 18.2 Å². The van der Waals surface area contributed by atoms with Crippen molar-refractivity contribution in [3.05, 3.63) is 29.8 Å². The second kappa shape index (κ2) is 7.35. The number of hydrogen-bond acceptors (Lipinski definition) is 3. The van der Waals surface area contributed by atoms with E-state index in [0.29, 0.717) is 5.92 Å². The molecule has 0 saturated heterocycles. The van der Waals surface area contributed by atoms with Crippen LogP contribution in [0.1, 0.15) is 31.2 Å². The number of ether oxygens (including phenoxy) is 1. The van der Waals surface area contributed by atoms with Crippen LogP contribution in [-0.2, 0) is 4.79 Å². The summed E-state index contributed by atoms with van der Waals surface area (Å²) in [4.78, 5) is 24.3. The van der Waals surface area contributed by atoms with Gasteiger partial charge in [-0.1, -0.05) is 19.1 Å². The molecule has 0 aromatic heterocycles. The number of nitrogens with zero attached hydrogens (tertiary/aromatic N) is 1. The van der Waals surface area contributed by atoms with Crippen molar-refractivity contribution in [1.82, 2.24) is 10.2 Å². The third-order valence-electron chi connectivity index (χ3n) is 4.35. The van der Waals surface area contributed by atoms with Crippen LogP contribution in [0.2, 0.25) is 0 Å². The molecule has 1 aliphatic carbocycles. The molecule has 1 aromatic carbocycles. The van der Waals surface area contributed by atoms with Gasteiger partial charge in [-0.15, -0.1) is 0 Å². The van der Waals surface area contributed by atoms with Crippen LogP contribution < -0.4 is 10.1 Å². The molecule has 0 radical (unpaired) electrons. The summed E-state index contributed by atoms with van der Waals surface area (Å²) in [5, 5.41) is 11.8. The van der Waals surface area contributed by atoms with Gasteiger partial charge in [0, 0.05) is 19.6 Å². The second-order valence-corrected chi connectivity index (χ2v) is 6.21. The van der Waals surface area contributed by atoms with E-state index in [1.54, 1.807) is 21.1 Å². The molecule has 1 aromatic rings. The first-order valence-electron chi connectivity index (χ1n) is 7.79. The number of hydrogen-bond donors (Lipinski definition) is 2. The highest BCUT2D eigenvalue weighted by molar-refractivity contribution is 5.76. The van der Waals surface area contributed by atoms with Crippen molar-refractivity contribution >= 4 is 12.0 Å². The van der Waals surface area contributed by atoms with Crippen LogP contribution in [0.25, 0.3) is 0 Å². The standard InChI is InChI=1S/C17H24N2O4/c1-11(16(20)21)10-19(2)17(22)18-14-7-13(8-14)12-5-4-6-15(9-12)23-3/h4-6,9,11,13-14H,7-8,10H2,1-3H3,(H,18,22)(H,20,21). The minimum absolute atomic E-state index is 0.140. The summed E-state index contributed by atoms with van der Waals surface area (Å²) < 4.78 is 5.23. The van der Waals surface area contributed by atoms with Crippen LogP contribution in [0.15, 0.2) is 24.3 Å². The Bertz CT molecular complexity index is 569. The number of carboxylic acids is 1. The number of nitrogens with one attached hydrogen (secondary N) is 1. The monoisotopic (exact) mass is 320 g/mol. The van der Waals surface area contributed by atoms with Crippen LogP contribution in [0.3, 0.4) is 0 Å². The summed E-state index contributed by atoms with van der Waals surface area (Å²) in [6, 6.07) is 7.92. The van der Waals surface area contributed by atoms with Crippen molar-refractivity contribution in [3.8, 4) is 5.75 Å². The van der Waals surface area contributed by atoms with E-state index in [-0.39, 0.29) is 18.6 Å². The molecule has 23 heavy (non-hydrogen) atoms. The van der Waals surface area contributed by atoms with E-state index >= 15 is 0 Å². The van der Waals surface area contributed by atoms with Crippen LogP contribution in [-0.4, -0.2) is 48.8 Å². The maximum atomic E-state index is 12.0. The fraction of sp³-hybridized carbons (Fsp3) is 0.529. The van der Waals surface area contributed by atoms with Gasteiger partial charge < -0.3 is 20.1 Å². The first-order chi connectivity index (χ1) is 10.9. The third-order valence-corrected chi connectivity index (χ3v) is 4.35. The lowest BCUT2D eigenvalue weighted by Gasteiger charge is -2.37. The largest absolute Gasteiger partial charge is 0.497 e. The van der Waals surface area contributed by atoms with E-state index in [0.717, 1.165) is 18.6 Å². The Morgan fingerprint density at radius 1 is 1.43 bits per heavy atom. The highest BCUT2D eigenvalue weighted by atomic mass is 16.5. The number of urea groups is 1. The molecule has 1 saturated carbocycles. The Kier molecular flexibility index (Phi) is 5.47. The van der Waals surface area contributed by atoms with E-state index in [1.165, 1.54) is 10.5 Å². The van der Waals surface area contributed by atoms with Gasteiger partial charge in [0.1, 0.15) is 5.75 Å². The van der Waals surface area contributed by atoms with Crippen molar-refractivity contribution < 1.29 is 19.4 Å². The third kappa shape index (κ3) is 4.37. The zero-order chi connectivity index (χ0) is 17.0. The number of benzene rings is 1. The average molecular weight is 320 g/mol. The molecule has 1 aliphatic rings. The van der Waals surface area contributed by atoms with E-state index in [2.05, 4.69) is 11.4 Å². The zero-order valence-corrected chi connectivity index (χ0v) is 13.8. The Hall–Kier alpha value is -2.24. The summed E-state index contributed by atoms with van der Waals surface area (Å²) in [5.74, 6) is -0.195. The summed E-state index contributed by atoms with van der Waals surface area (Å²) in [6.07, 6.45) is 1.78. The highest BCUT2D eigenvalue weighted by Gasteiger charge is 2.32. The summed E-state index contributed by atoms with van der Waals surface area (Å²) in [5.41, 5.74) is 1.22. The van der Waals surface area contributed by atoms with Crippen LogP contribution >= 0.6 is 0 Å². The number of rotatable bonds is 6. The number of carbonyl (C=O) groups is 2. The number of aliphatic carboxylic acids is 1. The molecule has 1 atom stereocenters. The maximum absolute atomic E-state index is 12.0. The van der Waals surface area contributed by atoms with Crippen LogP contribution in [0, 0.1) is 5.92 Å². The van der Waals surface area contributed by atoms with E-state index in [9.17, 15) is 9.59 Å². The topological polar surface area (TPSA) is 78.9 Å². The molecule has 2 rings (SSSR count). The molecular weight excluding hydrogens is 296 g/mol. The fourth-order valence-corrected chi connectivity index (χ4v) is 2.76. The average Bonchev–Trinajstić information content (AvgIpc) is 2.49. The molecule has 126 valence electrons. The minimum Gasteiger partial charge on any atom is -0.497 e. The lowest BCUT2D eigenvalue weighted by atomic mass is 9.76. The summed E-state index contributed by atoms with van der Waals surface area (Å²) in [7, 11) is 3.27. The Labute approximate surface area is 136 Å². The van der Waals surface area contributed by atoms with Crippen molar-refractivity contribution in [2.75, 3.05) is 20.7 Å². The highest BCUT2D eigenvalue weighted by Crippen LogP contribution is 2.37. The number of amides is 2. The molecule has 0 spiro atoms. The number of carboxylic acid groups (broad SMARTS) is 1. The molecule has 0 bridgehead atoms. The number of methoxy groups -OCH3 is 1. The van der Waals surface area contributed by atoms with Gasteiger partial charge in [-0.05, 0) is 36.5 Å². The van der Waals surface area contributed by atoms with Gasteiger partial charge in [0.15, 0.2) is 0 Å². The summed E-state index contributed by atoms with van der Waals surface area (Å²) >= 11 is 0. The van der Waals surface area contributed by atoms with Crippen molar-refractivity contribution in [1.29, 1.82) is 0 Å². The van der Waals surface area contributed by atoms with Crippen LogP contribution in [0.4, 0.5) is 4.79 Å². The Morgan fingerprint density at radius 2 is 2.13 bits per heavy atom. The predicted octanol–water partition coefficient (Wildman–Crippen LogP) is 2.30. The fourth-order valence-electron chi connectivity index (χ4n) is 2.76. The van der Waals surface area contributed by atoms with Gasteiger partial charge in [0.25, 0.3) is 0 Å². The molecule has 6 nitrogen and oxygen atoms in total. The Morgan fingerprint density at radius 3 is 2.74 bits per heavy atom. The smallest absolute Gasteiger partial charge is 0.317 e. The van der Waals surface area contributed by atoms with Gasteiger partial charge in [-0.3, -0.25) is 4.79 Å². The SMILES string of the molecule is COc1cccc(C2CC(NC(=O)N(C)CC(C)C(=O)O)C2)c1. The van der Waals surface area contributed by atoms with Gasteiger partial charge in [0.05, 0.1) is 13.0 Å². The van der Waals surface area contributed by atoms with Gasteiger partial charge in [-0.2, -0.15) is 0 Å². The van der Waals surface area contributed by atoms with E-state index in [4.69, 9.17) is 9.84 Å². The van der Waals surface area contributed by atoms with Crippen LogP contribution in [0.5, 0.6) is 5.75 Å². The molecule has 2 N–H and O–H groups in total. The van der Waals surface area contributed by atoms with Gasteiger partial charge in [0.2, 0.25) is 0 Å². The molecular formula is C17H24N2O4. The molecule has 2 amide bonds. The van der Waals surface area contributed by atoms with E-state index < -0.39 is 11.9 Å². The molecule has 1 fully saturated rings. The van der Waals surface area contributed by atoms with Crippen molar-refractivity contribution in [3.63, 3.8) is 0 Å². The Balaban J connectivity index is 1.79. The normalized spacial score (nSPS) is 21.0. The number of carbonyl (C=O) groups excluding carboxylic acids is 1. The maximum Gasteiger partial charge on any atom is 0.317 e. The predicted molar refractivity (Wildman–Crippen MR) is 86.7 cm³/mol. The molecule has 0 aliphatic heterocycles. The second-order valence-electron chi connectivity index (χ2n) is 6.21. The first-order valence-corrected chi connectivity index (χ1v) is 7.79. The molecule has 0 heterocycles. The summed E-state index contributed by atoms with van der Waals surface area (Å²) in [6.45, 7) is 1.79. The van der Waals surface area contributed by atoms with Crippen molar-refractivity contribution in [2.45, 2.75) is 31.7 Å². The zero-order valence-electron chi connectivity index (χ0n) is 13.8. The van der Waals surface area contributed by atoms with Gasteiger partial charge in [-0.25, -0.2) is 4.79 Å². The molecule has 6 heteroatoms. The van der Waals surface area contributed by atoms with Crippen molar-refractivity contribution in [2.24, 2.45) is 5.92 Å². The first kappa shape index (κ1) is 17.1. The molecule has 1 unspecified atom stereocenters. The minimum atomic E-state index is -0.897. The quantitative estimate of drug-likeness (QED) is 0.843.